The number of hydrogen-bond donors (Lipinski definition) is 1. The molecule has 1 saturated heterocycles. The summed E-state index contributed by atoms with van der Waals surface area (Å²) in [6.07, 6.45) is 0.859. The van der Waals surface area contributed by atoms with E-state index in [0.29, 0.717) is 18.0 Å². The zero-order chi connectivity index (χ0) is 15.6. The van der Waals surface area contributed by atoms with Gasteiger partial charge in [0.2, 0.25) is 10.0 Å². The maximum Gasteiger partial charge on any atom is 0.243 e. The topological polar surface area (TPSA) is 49.4 Å². The third kappa shape index (κ3) is 3.75. The van der Waals surface area contributed by atoms with Crippen LogP contribution in [0.3, 0.4) is 0 Å². The Morgan fingerprint density at radius 3 is 2.17 bits per heavy atom. The molecule has 0 bridgehead atoms. The highest BCUT2D eigenvalue weighted by Gasteiger charge is 2.31. The summed E-state index contributed by atoms with van der Waals surface area (Å²) < 4.78 is 26.8. The van der Waals surface area contributed by atoms with Crippen LogP contribution < -0.4 is 5.32 Å². The van der Waals surface area contributed by atoms with Gasteiger partial charge in [0.25, 0.3) is 0 Å². The largest absolute Gasteiger partial charge is 0.316 e. The van der Waals surface area contributed by atoms with Gasteiger partial charge in [-0.15, -0.1) is 12.4 Å². The molecule has 0 amide bonds. The number of nitrogens with one attached hydrogen (secondary N) is 1. The number of nitrogens with zero attached hydrogens (tertiary/aromatic N) is 1. The van der Waals surface area contributed by atoms with Crippen LogP contribution in [-0.4, -0.2) is 38.9 Å². The van der Waals surface area contributed by atoms with Gasteiger partial charge in [0, 0.05) is 19.1 Å². The molecule has 0 radical (unpaired) electrons. The lowest BCUT2D eigenvalue weighted by molar-refractivity contribution is 0.464. The first kappa shape index (κ1) is 17.9. The molecule has 0 spiro atoms. The lowest BCUT2D eigenvalue weighted by Gasteiger charge is -2.16. The molecule has 0 aromatic heterocycles. The van der Waals surface area contributed by atoms with Gasteiger partial charge in [0.15, 0.2) is 0 Å². The molecule has 1 fully saturated rings. The molecule has 0 aliphatic carbocycles. The molecule has 1 N–H and O–H groups in total. The number of rotatable bonds is 4. The highest BCUT2D eigenvalue weighted by Crippen LogP contribution is 2.24. The van der Waals surface area contributed by atoms with Crippen molar-refractivity contribution >= 4 is 22.4 Å². The van der Waals surface area contributed by atoms with Gasteiger partial charge in [-0.05, 0) is 36.7 Å². The quantitative estimate of drug-likeness (QED) is 0.920. The fraction of sp³-hybridized carbons (Fsp3) is 0.294. The van der Waals surface area contributed by atoms with Crippen molar-refractivity contribution in [1.29, 1.82) is 0 Å². The van der Waals surface area contributed by atoms with E-state index in [2.05, 4.69) is 5.32 Å². The standard InChI is InChI=1S/C17H20N2O2S.ClH/c1-18-16-11-12-19(13-16)22(20,21)17-9-7-15(8-10-17)14-5-3-2-4-6-14;/h2-10,16,18H,11-13H2,1H3;1H. The van der Waals surface area contributed by atoms with E-state index in [1.807, 2.05) is 49.5 Å². The van der Waals surface area contributed by atoms with Crippen LogP contribution in [0.1, 0.15) is 6.42 Å². The van der Waals surface area contributed by atoms with Crippen molar-refractivity contribution < 1.29 is 8.42 Å². The van der Waals surface area contributed by atoms with E-state index in [1.54, 1.807) is 16.4 Å². The van der Waals surface area contributed by atoms with Gasteiger partial charge in [-0.1, -0.05) is 42.5 Å². The molecule has 2 aromatic carbocycles. The Morgan fingerprint density at radius 2 is 1.61 bits per heavy atom. The smallest absolute Gasteiger partial charge is 0.243 e. The summed E-state index contributed by atoms with van der Waals surface area (Å²) in [5.74, 6) is 0. The van der Waals surface area contributed by atoms with Crippen LogP contribution >= 0.6 is 12.4 Å². The van der Waals surface area contributed by atoms with E-state index in [1.165, 1.54) is 0 Å². The summed E-state index contributed by atoms with van der Waals surface area (Å²) in [7, 11) is -1.52. The van der Waals surface area contributed by atoms with Crippen LogP contribution in [0.2, 0.25) is 0 Å². The molecule has 1 unspecified atom stereocenters. The number of halogens is 1. The zero-order valence-electron chi connectivity index (χ0n) is 13.0. The zero-order valence-corrected chi connectivity index (χ0v) is 14.6. The van der Waals surface area contributed by atoms with Crippen LogP contribution in [-0.2, 0) is 10.0 Å². The van der Waals surface area contributed by atoms with Gasteiger partial charge in [-0.2, -0.15) is 4.31 Å². The Hall–Kier alpha value is -1.40. The maximum absolute atomic E-state index is 12.6. The van der Waals surface area contributed by atoms with Gasteiger partial charge in [0.1, 0.15) is 0 Å². The summed E-state index contributed by atoms with van der Waals surface area (Å²) in [5.41, 5.74) is 2.11. The minimum Gasteiger partial charge on any atom is -0.316 e. The summed E-state index contributed by atoms with van der Waals surface area (Å²) in [5, 5.41) is 3.14. The van der Waals surface area contributed by atoms with Crippen molar-refractivity contribution in [3.63, 3.8) is 0 Å². The first-order chi connectivity index (χ1) is 10.6. The molecule has 2 aromatic rings. The molecule has 1 heterocycles. The Bertz CT molecular complexity index is 733. The second-order valence-corrected chi connectivity index (χ2v) is 7.47. The van der Waals surface area contributed by atoms with Crippen LogP contribution in [0.25, 0.3) is 11.1 Å². The molecular weight excluding hydrogens is 332 g/mol. The Labute approximate surface area is 144 Å². The molecule has 3 rings (SSSR count). The van der Waals surface area contributed by atoms with Gasteiger partial charge in [-0.3, -0.25) is 0 Å². The van der Waals surface area contributed by atoms with E-state index in [9.17, 15) is 8.42 Å². The highest BCUT2D eigenvalue weighted by atomic mass is 35.5. The normalized spacial score (nSPS) is 18.6. The molecule has 23 heavy (non-hydrogen) atoms. The molecule has 6 heteroatoms. The van der Waals surface area contributed by atoms with Crippen molar-refractivity contribution in [2.45, 2.75) is 17.4 Å². The molecular formula is C17H21ClN2O2S. The highest BCUT2D eigenvalue weighted by molar-refractivity contribution is 7.89. The molecule has 1 aliphatic rings. The second-order valence-electron chi connectivity index (χ2n) is 5.53. The first-order valence-corrected chi connectivity index (χ1v) is 8.88. The Kier molecular flexibility index (Phi) is 5.81. The van der Waals surface area contributed by atoms with Gasteiger partial charge in [0.05, 0.1) is 4.90 Å². The van der Waals surface area contributed by atoms with Gasteiger partial charge < -0.3 is 5.32 Å². The maximum atomic E-state index is 12.6. The SMILES string of the molecule is CNC1CCN(S(=O)(=O)c2ccc(-c3ccccc3)cc2)C1.Cl. The lowest BCUT2D eigenvalue weighted by Crippen LogP contribution is -2.33. The molecule has 4 nitrogen and oxygen atoms in total. The fourth-order valence-electron chi connectivity index (χ4n) is 2.78. The van der Waals surface area contributed by atoms with Crippen molar-refractivity contribution in [2.24, 2.45) is 0 Å². The second kappa shape index (κ2) is 7.45. The monoisotopic (exact) mass is 352 g/mol. The Balaban J connectivity index is 0.00000192. The van der Waals surface area contributed by atoms with Crippen LogP contribution in [0.5, 0.6) is 0 Å². The molecule has 0 saturated carbocycles. The fourth-order valence-corrected chi connectivity index (χ4v) is 4.28. The van der Waals surface area contributed by atoms with Gasteiger partial charge >= 0.3 is 0 Å². The lowest BCUT2D eigenvalue weighted by atomic mass is 10.1. The predicted molar refractivity (Wildman–Crippen MR) is 95.3 cm³/mol. The third-order valence-corrected chi connectivity index (χ3v) is 6.04. The number of benzene rings is 2. The first-order valence-electron chi connectivity index (χ1n) is 7.44. The summed E-state index contributed by atoms with van der Waals surface area (Å²) in [6, 6.07) is 17.3. The van der Waals surface area contributed by atoms with Crippen molar-refractivity contribution in [3.05, 3.63) is 54.6 Å². The average molecular weight is 353 g/mol. The van der Waals surface area contributed by atoms with E-state index >= 15 is 0 Å². The van der Waals surface area contributed by atoms with E-state index in [4.69, 9.17) is 0 Å². The van der Waals surface area contributed by atoms with E-state index < -0.39 is 10.0 Å². The third-order valence-electron chi connectivity index (χ3n) is 4.16. The van der Waals surface area contributed by atoms with E-state index in [-0.39, 0.29) is 18.4 Å². The molecule has 1 aliphatic heterocycles. The van der Waals surface area contributed by atoms with Crippen LogP contribution in [0.4, 0.5) is 0 Å². The predicted octanol–water partition coefficient (Wildman–Crippen LogP) is 2.76. The van der Waals surface area contributed by atoms with Crippen LogP contribution in [0, 0.1) is 0 Å². The van der Waals surface area contributed by atoms with Crippen molar-refractivity contribution in [1.82, 2.24) is 9.62 Å². The average Bonchev–Trinajstić information content (AvgIpc) is 3.06. The van der Waals surface area contributed by atoms with Crippen molar-refractivity contribution in [3.8, 4) is 11.1 Å². The minimum atomic E-state index is -3.39. The van der Waals surface area contributed by atoms with Gasteiger partial charge in [-0.25, -0.2) is 8.42 Å². The summed E-state index contributed by atoms with van der Waals surface area (Å²) >= 11 is 0. The number of sulfonamides is 1. The summed E-state index contributed by atoms with van der Waals surface area (Å²) in [4.78, 5) is 0.365. The van der Waals surface area contributed by atoms with Crippen LogP contribution in [0.15, 0.2) is 59.5 Å². The molecule has 124 valence electrons. The van der Waals surface area contributed by atoms with Crippen molar-refractivity contribution in [2.75, 3.05) is 20.1 Å². The van der Waals surface area contributed by atoms with E-state index in [0.717, 1.165) is 17.5 Å². The summed E-state index contributed by atoms with van der Waals surface area (Å²) in [6.45, 7) is 1.12. The Morgan fingerprint density at radius 1 is 1.00 bits per heavy atom. The number of likely N-dealkylation sites (N-methyl/N-ethyl adjacent to an activating group) is 1. The molecule has 1 atom stereocenters. The minimum absolute atomic E-state index is 0. The number of hydrogen-bond acceptors (Lipinski definition) is 3.